The summed E-state index contributed by atoms with van der Waals surface area (Å²) in [5, 5.41) is 14.9. The molecule has 6 nitrogen and oxygen atoms in total. The molecular formula is C30H31Cl2N3O3. The van der Waals surface area contributed by atoms with E-state index in [0.29, 0.717) is 28.0 Å². The second-order valence-electron chi connectivity index (χ2n) is 10.1. The number of nitrogens with one attached hydrogen (secondary N) is 1. The number of hydrogen-bond donors (Lipinski definition) is 2. The lowest BCUT2D eigenvalue weighted by Gasteiger charge is -2.47. The highest BCUT2D eigenvalue weighted by atomic mass is 35.5. The van der Waals surface area contributed by atoms with Gasteiger partial charge in [0.1, 0.15) is 11.4 Å². The molecule has 1 amide bonds. The number of carbonyl (C=O) groups is 1. The van der Waals surface area contributed by atoms with Crippen LogP contribution in [0.5, 0.6) is 5.75 Å². The number of aliphatic hydroxyl groups is 1. The fourth-order valence-electron chi connectivity index (χ4n) is 5.80. The number of carbonyl (C=O) groups excluding carboxylic acids is 1. The van der Waals surface area contributed by atoms with Crippen LogP contribution in [0.2, 0.25) is 10.0 Å². The molecule has 0 radical (unpaired) electrons. The minimum Gasteiger partial charge on any atom is -0.496 e. The van der Waals surface area contributed by atoms with E-state index in [9.17, 15) is 9.90 Å². The average Bonchev–Trinajstić information content (AvgIpc) is 3.38. The van der Waals surface area contributed by atoms with Crippen molar-refractivity contribution < 1.29 is 14.6 Å². The van der Waals surface area contributed by atoms with Crippen LogP contribution >= 0.6 is 23.2 Å². The molecule has 0 aromatic heterocycles. The maximum absolute atomic E-state index is 14.0. The maximum Gasteiger partial charge on any atom is 0.276 e. The van der Waals surface area contributed by atoms with Gasteiger partial charge in [0.05, 0.1) is 26.0 Å². The summed E-state index contributed by atoms with van der Waals surface area (Å²) >= 11 is 12.7. The molecule has 1 atom stereocenters. The summed E-state index contributed by atoms with van der Waals surface area (Å²) in [6, 6.07) is 17.0. The monoisotopic (exact) mass is 551 g/mol. The van der Waals surface area contributed by atoms with Crippen molar-refractivity contribution in [1.82, 2.24) is 10.2 Å². The second-order valence-corrected chi connectivity index (χ2v) is 11.0. The third kappa shape index (κ3) is 4.03. The highest BCUT2D eigenvalue weighted by molar-refractivity contribution is 6.31. The molecule has 0 saturated carbocycles. The van der Waals surface area contributed by atoms with Crippen LogP contribution < -0.4 is 15.0 Å². The Bertz CT molecular complexity index is 1470. The van der Waals surface area contributed by atoms with Gasteiger partial charge in [-0.05, 0) is 80.8 Å². The van der Waals surface area contributed by atoms with Crippen LogP contribution in [-0.2, 0) is 17.1 Å². The zero-order chi connectivity index (χ0) is 27.4. The van der Waals surface area contributed by atoms with E-state index in [-0.39, 0.29) is 18.6 Å². The Morgan fingerprint density at radius 2 is 1.71 bits per heavy atom. The number of hydrogen-bond acceptors (Lipinski definition) is 5. The van der Waals surface area contributed by atoms with Crippen molar-refractivity contribution in [1.29, 1.82) is 0 Å². The Balaban J connectivity index is 1.74. The Morgan fingerprint density at radius 1 is 1.00 bits per heavy atom. The molecule has 2 N–H and O–H groups in total. The van der Waals surface area contributed by atoms with Gasteiger partial charge in [-0.1, -0.05) is 41.4 Å². The largest absolute Gasteiger partial charge is 0.496 e. The summed E-state index contributed by atoms with van der Waals surface area (Å²) in [6.07, 6.45) is 0. The summed E-state index contributed by atoms with van der Waals surface area (Å²) in [6.45, 7) is 8.47. The predicted octanol–water partition coefficient (Wildman–Crippen LogP) is 5.88. The van der Waals surface area contributed by atoms with Gasteiger partial charge in [-0.2, -0.15) is 0 Å². The number of halogens is 2. The zero-order valence-electron chi connectivity index (χ0n) is 22.1. The topological polar surface area (TPSA) is 65.0 Å². The molecule has 0 spiro atoms. The van der Waals surface area contributed by atoms with E-state index in [1.54, 1.807) is 12.0 Å². The van der Waals surface area contributed by atoms with Crippen molar-refractivity contribution in [2.45, 2.75) is 46.0 Å². The van der Waals surface area contributed by atoms with Crippen molar-refractivity contribution in [3.05, 3.63) is 104 Å². The Labute approximate surface area is 233 Å². The fraction of sp³-hybridized carbons (Fsp3) is 0.300. The van der Waals surface area contributed by atoms with Crippen molar-refractivity contribution in [2.24, 2.45) is 0 Å². The van der Waals surface area contributed by atoms with Crippen LogP contribution in [0.15, 0.2) is 66.0 Å². The minimum absolute atomic E-state index is 0.0132. The van der Waals surface area contributed by atoms with E-state index in [0.717, 1.165) is 39.2 Å². The van der Waals surface area contributed by atoms with Crippen LogP contribution in [0.25, 0.3) is 0 Å². The normalized spacial score (nSPS) is 18.9. The summed E-state index contributed by atoms with van der Waals surface area (Å²) in [5.74, 6) is 0.521. The van der Waals surface area contributed by atoms with Gasteiger partial charge in [-0.15, -0.1) is 0 Å². The summed E-state index contributed by atoms with van der Waals surface area (Å²) in [4.78, 5) is 18.1. The summed E-state index contributed by atoms with van der Waals surface area (Å²) in [7, 11) is 1.63. The van der Waals surface area contributed by atoms with Gasteiger partial charge in [0, 0.05) is 32.9 Å². The first-order valence-electron chi connectivity index (χ1n) is 12.6. The third-order valence-electron chi connectivity index (χ3n) is 7.41. The van der Waals surface area contributed by atoms with Crippen LogP contribution in [0.1, 0.15) is 41.7 Å². The first-order chi connectivity index (χ1) is 18.1. The second kappa shape index (κ2) is 9.84. The van der Waals surface area contributed by atoms with E-state index in [1.807, 2.05) is 68.4 Å². The van der Waals surface area contributed by atoms with E-state index < -0.39 is 5.66 Å². The van der Waals surface area contributed by atoms with Gasteiger partial charge in [0.2, 0.25) is 0 Å². The molecule has 0 unspecified atom stereocenters. The highest BCUT2D eigenvalue weighted by Gasteiger charge is 2.55. The molecule has 0 aliphatic carbocycles. The number of aliphatic hydroxyl groups excluding tert-OH is 1. The van der Waals surface area contributed by atoms with E-state index in [2.05, 4.69) is 24.1 Å². The molecule has 8 heteroatoms. The molecule has 0 saturated heterocycles. The molecule has 2 aliphatic rings. The lowest BCUT2D eigenvalue weighted by Crippen LogP contribution is -2.56. The Kier molecular flexibility index (Phi) is 6.84. The highest BCUT2D eigenvalue weighted by Crippen LogP contribution is 2.50. The van der Waals surface area contributed by atoms with Crippen molar-refractivity contribution in [3.8, 4) is 5.75 Å². The number of benzene rings is 3. The number of amides is 1. The van der Waals surface area contributed by atoms with Gasteiger partial charge in [-0.25, -0.2) is 0 Å². The molecule has 3 aromatic carbocycles. The molecular weight excluding hydrogens is 521 g/mol. The number of nitrogens with zero attached hydrogens (tertiary/aromatic N) is 2. The SMILES string of the molecule is COc1ccc(CO)cc1[C@@]1(c2ccc(Cl)cc2C)NC2=C(CN(c3cc(Cl)ccc3C)C2=O)N1C(C)C. The van der Waals surface area contributed by atoms with Crippen LogP contribution in [0.4, 0.5) is 5.69 Å². The summed E-state index contributed by atoms with van der Waals surface area (Å²) in [5.41, 5.74) is 5.65. The zero-order valence-corrected chi connectivity index (χ0v) is 23.6. The van der Waals surface area contributed by atoms with Crippen LogP contribution in [-0.4, -0.2) is 35.6 Å². The Hall–Kier alpha value is -3.19. The van der Waals surface area contributed by atoms with Crippen molar-refractivity contribution >= 4 is 34.8 Å². The molecule has 38 heavy (non-hydrogen) atoms. The van der Waals surface area contributed by atoms with Gasteiger partial charge < -0.3 is 25.0 Å². The molecule has 2 aliphatic heterocycles. The third-order valence-corrected chi connectivity index (χ3v) is 7.88. The maximum atomic E-state index is 14.0. The lowest BCUT2D eigenvalue weighted by molar-refractivity contribution is -0.115. The molecule has 5 rings (SSSR count). The van der Waals surface area contributed by atoms with Crippen molar-refractivity contribution in [3.63, 3.8) is 0 Å². The molecule has 0 bridgehead atoms. The standard InChI is InChI=1S/C30H31Cl2N3O3/c1-17(2)35-26-15-34(25-14-22(32)8-6-18(25)3)29(37)28(26)33-30(35,23-10-9-21(31)12-19(23)4)24-13-20(16-36)7-11-27(24)38-5/h6-14,17,33,36H,15-16H2,1-5H3/t30-/m0/s1. The average molecular weight is 553 g/mol. The minimum atomic E-state index is -0.977. The predicted molar refractivity (Wildman–Crippen MR) is 152 cm³/mol. The molecule has 2 heterocycles. The molecule has 198 valence electrons. The van der Waals surface area contributed by atoms with E-state index in [4.69, 9.17) is 27.9 Å². The fourth-order valence-corrected chi connectivity index (χ4v) is 6.19. The van der Waals surface area contributed by atoms with E-state index in [1.165, 1.54) is 0 Å². The van der Waals surface area contributed by atoms with Gasteiger partial charge in [-0.3, -0.25) is 4.79 Å². The number of rotatable bonds is 6. The number of methoxy groups -OCH3 is 1. The molecule has 0 fully saturated rings. The van der Waals surface area contributed by atoms with Crippen LogP contribution in [0, 0.1) is 13.8 Å². The number of anilines is 1. The molecule has 3 aromatic rings. The van der Waals surface area contributed by atoms with Gasteiger partial charge in [0.15, 0.2) is 5.66 Å². The number of ether oxygens (including phenoxy) is 1. The van der Waals surface area contributed by atoms with Crippen molar-refractivity contribution in [2.75, 3.05) is 18.6 Å². The smallest absolute Gasteiger partial charge is 0.276 e. The Morgan fingerprint density at radius 3 is 2.37 bits per heavy atom. The lowest BCUT2D eigenvalue weighted by atomic mass is 9.84. The first-order valence-corrected chi connectivity index (χ1v) is 13.3. The van der Waals surface area contributed by atoms with Gasteiger partial charge >= 0.3 is 0 Å². The number of aryl methyl sites for hydroxylation is 2. The first kappa shape index (κ1) is 26.4. The summed E-state index contributed by atoms with van der Waals surface area (Å²) < 4.78 is 5.86. The quantitative estimate of drug-likeness (QED) is 0.400. The van der Waals surface area contributed by atoms with E-state index >= 15 is 0 Å². The van der Waals surface area contributed by atoms with Crippen LogP contribution in [0.3, 0.4) is 0 Å². The van der Waals surface area contributed by atoms with Gasteiger partial charge in [0.25, 0.3) is 5.91 Å².